The maximum Gasteiger partial charge on any atom is 0.319 e. The maximum absolute atomic E-state index is 11.9. The van der Waals surface area contributed by atoms with Crippen molar-refractivity contribution < 1.29 is 9.53 Å². The molecule has 22 heavy (non-hydrogen) atoms. The van der Waals surface area contributed by atoms with Gasteiger partial charge in [0.25, 0.3) is 0 Å². The lowest BCUT2D eigenvalue weighted by molar-refractivity contribution is 0.251. The van der Waals surface area contributed by atoms with Gasteiger partial charge < -0.3 is 15.4 Å². The van der Waals surface area contributed by atoms with Crippen molar-refractivity contribution in [2.45, 2.75) is 26.8 Å². The van der Waals surface area contributed by atoms with Gasteiger partial charge in [0.2, 0.25) is 0 Å². The van der Waals surface area contributed by atoms with Gasteiger partial charge in [0, 0.05) is 17.8 Å². The number of carbonyl (C=O) groups is 1. The van der Waals surface area contributed by atoms with Crippen LogP contribution in [0.2, 0.25) is 0 Å². The van der Waals surface area contributed by atoms with Gasteiger partial charge >= 0.3 is 6.03 Å². The molecule has 0 bridgehead atoms. The zero-order chi connectivity index (χ0) is 15.8. The molecular weight excluding hydrogens is 276 g/mol. The molecule has 0 saturated heterocycles. The monoisotopic (exact) mass is 298 g/mol. The number of ether oxygens (including phenoxy) is 1. The second kappa shape index (κ2) is 8.08. The van der Waals surface area contributed by atoms with Crippen molar-refractivity contribution >= 4 is 11.7 Å². The Bertz CT molecular complexity index is 609. The third kappa shape index (κ3) is 4.52. The van der Waals surface area contributed by atoms with Crippen LogP contribution in [0.5, 0.6) is 5.75 Å². The van der Waals surface area contributed by atoms with Gasteiger partial charge in [-0.1, -0.05) is 37.3 Å². The smallest absolute Gasteiger partial charge is 0.319 e. The Hall–Kier alpha value is -2.49. The number of rotatable bonds is 6. The fourth-order valence-corrected chi connectivity index (χ4v) is 2.12. The van der Waals surface area contributed by atoms with E-state index in [-0.39, 0.29) is 6.03 Å². The quantitative estimate of drug-likeness (QED) is 0.848. The highest BCUT2D eigenvalue weighted by molar-refractivity contribution is 5.89. The zero-order valence-corrected chi connectivity index (χ0v) is 13.1. The van der Waals surface area contributed by atoms with Crippen molar-refractivity contribution in [2.75, 3.05) is 11.9 Å². The average Bonchev–Trinajstić information content (AvgIpc) is 2.55. The molecule has 2 aromatic rings. The Morgan fingerprint density at radius 2 is 1.77 bits per heavy atom. The predicted octanol–water partition coefficient (Wildman–Crippen LogP) is 3.97. The second-order valence-electron chi connectivity index (χ2n) is 4.90. The number of aryl methyl sites for hydroxylation is 1. The SMILES string of the molecule is CCOc1ccccc1CNC(=O)Nc1ccc(CC)cc1. The summed E-state index contributed by atoms with van der Waals surface area (Å²) in [5.41, 5.74) is 2.99. The number of hydrogen-bond donors (Lipinski definition) is 2. The van der Waals surface area contributed by atoms with Crippen LogP contribution in [0.15, 0.2) is 48.5 Å². The van der Waals surface area contributed by atoms with Gasteiger partial charge in [-0.05, 0) is 37.1 Å². The summed E-state index contributed by atoms with van der Waals surface area (Å²) in [7, 11) is 0. The van der Waals surface area contributed by atoms with E-state index in [4.69, 9.17) is 4.74 Å². The molecule has 0 aromatic heterocycles. The molecule has 0 radical (unpaired) electrons. The highest BCUT2D eigenvalue weighted by Crippen LogP contribution is 2.17. The lowest BCUT2D eigenvalue weighted by Crippen LogP contribution is -2.28. The molecule has 2 N–H and O–H groups in total. The number of benzene rings is 2. The van der Waals surface area contributed by atoms with Crippen LogP contribution >= 0.6 is 0 Å². The lowest BCUT2D eigenvalue weighted by atomic mass is 10.1. The normalized spacial score (nSPS) is 10.1. The number of hydrogen-bond acceptors (Lipinski definition) is 2. The van der Waals surface area contributed by atoms with Crippen molar-refractivity contribution in [1.82, 2.24) is 5.32 Å². The summed E-state index contributed by atoms with van der Waals surface area (Å²) >= 11 is 0. The molecule has 4 heteroatoms. The molecule has 0 saturated carbocycles. The molecule has 116 valence electrons. The summed E-state index contributed by atoms with van der Waals surface area (Å²) in [5, 5.41) is 5.67. The summed E-state index contributed by atoms with van der Waals surface area (Å²) in [6.45, 7) is 5.07. The minimum absolute atomic E-state index is 0.226. The standard InChI is InChI=1S/C18H22N2O2/c1-3-14-9-11-16(12-10-14)20-18(21)19-13-15-7-5-6-8-17(15)22-4-2/h5-12H,3-4,13H2,1-2H3,(H2,19,20,21). The van der Waals surface area contributed by atoms with Crippen molar-refractivity contribution in [3.05, 3.63) is 59.7 Å². The third-order valence-corrected chi connectivity index (χ3v) is 3.33. The number of para-hydroxylation sites is 1. The Morgan fingerprint density at radius 1 is 1.05 bits per heavy atom. The Balaban J connectivity index is 1.89. The molecule has 0 atom stereocenters. The van der Waals surface area contributed by atoms with Crippen LogP contribution in [0.4, 0.5) is 10.5 Å². The number of amides is 2. The van der Waals surface area contributed by atoms with Crippen LogP contribution in [-0.2, 0) is 13.0 Å². The highest BCUT2D eigenvalue weighted by atomic mass is 16.5. The lowest BCUT2D eigenvalue weighted by Gasteiger charge is -2.11. The van der Waals surface area contributed by atoms with E-state index in [1.54, 1.807) is 0 Å². The first kappa shape index (κ1) is 15.9. The van der Waals surface area contributed by atoms with Crippen molar-refractivity contribution in [1.29, 1.82) is 0 Å². The van der Waals surface area contributed by atoms with E-state index in [0.717, 1.165) is 23.4 Å². The van der Waals surface area contributed by atoms with Gasteiger partial charge in [-0.15, -0.1) is 0 Å². The first-order valence-electron chi connectivity index (χ1n) is 7.57. The van der Waals surface area contributed by atoms with Crippen molar-refractivity contribution in [3.8, 4) is 5.75 Å². The van der Waals surface area contributed by atoms with Crippen LogP contribution < -0.4 is 15.4 Å². The minimum atomic E-state index is -0.226. The van der Waals surface area contributed by atoms with Gasteiger partial charge in [-0.25, -0.2) is 4.79 Å². The van der Waals surface area contributed by atoms with Gasteiger partial charge in [0.05, 0.1) is 6.61 Å². The van der Waals surface area contributed by atoms with E-state index < -0.39 is 0 Å². The van der Waals surface area contributed by atoms with Crippen molar-refractivity contribution in [2.24, 2.45) is 0 Å². The van der Waals surface area contributed by atoms with Gasteiger partial charge in [0.15, 0.2) is 0 Å². The highest BCUT2D eigenvalue weighted by Gasteiger charge is 2.05. The van der Waals surface area contributed by atoms with E-state index in [2.05, 4.69) is 17.6 Å². The molecule has 2 rings (SSSR count). The topological polar surface area (TPSA) is 50.4 Å². The van der Waals surface area contributed by atoms with Crippen LogP contribution in [0.1, 0.15) is 25.0 Å². The van der Waals surface area contributed by atoms with E-state index in [9.17, 15) is 4.79 Å². The molecule has 2 aromatic carbocycles. The largest absolute Gasteiger partial charge is 0.494 e. The number of anilines is 1. The summed E-state index contributed by atoms with van der Waals surface area (Å²) in [5.74, 6) is 0.803. The molecular formula is C18H22N2O2. The van der Waals surface area contributed by atoms with E-state index in [1.807, 2.05) is 55.5 Å². The second-order valence-corrected chi connectivity index (χ2v) is 4.90. The fourth-order valence-electron chi connectivity index (χ4n) is 2.12. The number of nitrogens with one attached hydrogen (secondary N) is 2. The minimum Gasteiger partial charge on any atom is -0.494 e. The molecule has 0 unspecified atom stereocenters. The summed E-state index contributed by atoms with van der Waals surface area (Å²) < 4.78 is 5.54. The molecule has 4 nitrogen and oxygen atoms in total. The molecule has 0 heterocycles. The molecule has 2 amide bonds. The molecule has 0 aliphatic rings. The van der Waals surface area contributed by atoms with Crippen LogP contribution in [-0.4, -0.2) is 12.6 Å². The van der Waals surface area contributed by atoms with Crippen molar-refractivity contribution in [3.63, 3.8) is 0 Å². The van der Waals surface area contributed by atoms with E-state index >= 15 is 0 Å². The predicted molar refractivity (Wildman–Crippen MR) is 89.3 cm³/mol. The first-order valence-corrected chi connectivity index (χ1v) is 7.57. The zero-order valence-electron chi connectivity index (χ0n) is 13.1. The Morgan fingerprint density at radius 3 is 2.45 bits per heavy atom. The summed E-state index contributed by atoms with van der Waals surface area (Å²) in [6, 6.07) is 15.3. The Kier molecular flexibility index (Phi) is 5.83. The average molecular weight is 298 g/mol. The Labute approximate surface area is 131 Å². The fraction of sp³-hybridized carbons (Fsp3) is 0.278. The van der Waals surface area contributed by atoms with Gasteiger partial charge in [-0.3, -0.25) is 0 Å². The van der Waals surface area contributed by atoms with Gasteiger partial charge in [0.1, 0.15) is 5.75 Å². The number of urea groups is 1. The molecule has 0 spiro atoms. The molecule has 0 aliphatic heterocycles. The maximum atomic E-state index is 11.9. The molecule has 0 aliphatic carbocycles. The third-order valence-electron chi connectivity index (χ3n) is 3.33. The number of carbonyl (C=O) groups excluding carboxylic acids is 1. The van der Waals surface area contributed by atoms with Gasteiger partial charge in [-0.2, -0.15) is 0 Å². The summed E-state index contributed by atoms with van der Waals surface area (Å²) in [6.07, 6.45) is 0.987. The molecule has 0 fully saturated rings. The van der Waals surface area contributed by atoms with E-state index in [1.165, 1.54) is 5.56 Å². The van der Waals surface area contributed by atoms with Crippen LogP contribution in [0.3, 0.4) is 0 Å². The van der Waals surface area contributed by atoms with Crippen LogP contribution in [0, 0.1) is 0 Å². The van der Waals surface area contributed by atoms with E-state index in [0.29, 0.717) is 13.2 Å². The van der Waals surface area contributed by atoms with Crippen LogP contribution in [0.25, 0.3) is 0 Å². The first-order chi connectivity index (χ1) is 10.7. The summed E-state index contributed by atoms with van der Waals surface area (Å²) in [4.78, 5) is 11.9.